The van der Waals surface area contributed by atoms with E-state index >= 15 is 0 Å². The fourth-order valence-electron chi connectivity index (χ4n) is 3.21. The number of aromatic nitrogens is 2. The maximum atomic E-state index is 12.3. The third-order valence-corrected chi connectivity index (χ3v) is 6.42. The molecule has 0 radical (unpaired) electrons. The topological polar surface area (TPSA) is 69.0 Å². The molecular formula is C19H22N2O3S. The van der Waals surface area contributed by atoms with Gasteiger partial charge < -0.3 is 0 Å². The van der Waals surface area contributed by atoms with Crippen LogP contribution in [0.5, 0.6) is 0 Å². The van der Waals surface area contributed by atoms with Gasteiger partial charge in [-0.05, 0) is 39.3 Å². The Morgan fingerprint density at radius 1 is 1.20 bits per heavy atom. The summed E-state index contributed by atoms with van der Waals surface area (Å²) in [6.07, 6.45) is 3.92. The van der Waals surface area contributed by atoms with Crippen LogP contribution in [0.25, 0.3) is 6.08 Å². The van der Waals surface area contributed by atoms with Crippen molar-refractivity contribution in [1.82, 2.24) is 9.78 Å². The van der Waals surface area contributed by atoms with E-state index in [2.05, 4.69) is 5.10 Å². The summed E-state index contributed by atoms with van der Waals surface area (Å²) >= 11 is 0. The number of carbonyl (C=O) groups excluding carboxylic acids is 1. The third kappa shape index (κ3) is 3.74. The molecular weight excluding hydrogens is 336 g/mol. The molecule has 1 fully saturated rings. The highest BCUT2D eigenvalue weighted by Gasteiger charge is 2.31. The van der Waals surface area contributed by atoms with Crippen molar-refractivity contribution in [3.05, 3.63) is 58.4 Å². The van der Waals surface area contributed by atoms with Crippen LogP contribution in [0.1, 0.15) is 45.3 Å². The lowest BCUT2D eigenvalue weighted by molar-refractivity contribution is 0.104. The number of sulfone groups is 1. The highest BCUT2D eigenvalue weighted by Crippen LogP contribution is 2.27. The summed E-state index contributed by atoms with van der Waals surface area (Å²) < 4.78 is 25.2. The number of rotatable bonds is 4. The van der Waals surface area contributed by atoms with Gasteiger partial charge in [0.15, 0.2) is 15.6 Å². The maximum Gasteiger partial charge on any atom is 0.185 e. The second-order valence-electron chi connectivity index (χ2n) is 6.65. The van der Waals surface area contributed by atoms with E-state index in [1.54, 1.807) is 16.8 Å². The van der Waals surface area contributed by atoms with Crippen LogP contribution in [0, 0.1) is 20.8 Å². The van der Waals surface area contributed by atoms with Crippen molar-refractivity contribution in [2.75, 3.05) is 11.5 Å². The number of benzene rings is 1. The minimum absolute atomic E-state index is 0.0602. The largest absolute Gasteiger partial charge is 0.289 e. The predicted molar refractivity (Wildman–Crippen MR) is 98.6 cm³/mol. The van der Waals surface area contributed by atoms with Crippen LogP contribution in [-0.4, -0.2) is 35.5 Å². The number of hydrogen-bond donors (Lipinski definition) is 0. The molecule has 5 nitrogen and oxygen atoms in total. The van der Waals surface area contributed by atoms with E-state index in [9.17, 15) is 13.2 Å². The summed E-state index contributed by atoms with van der Waals surface area (Å²) in [5, 5.41) is 4.51. The summed E-state index contributed by atoms with van der Waals surface area (Å²) in [5.74, 6) is 0.294. The molecule has 1 unspecified atom stereocenters. The molecule has 2 aromatic rings. The van der Waals surface area contributed by atoms with E-state index in [-0.39, 0.29) is 23.3 Å². The molecule has 6 heteroatoms. The number of ketones is 1. The van der Waals surface area contributed by atoms with Crippen molar-refractivity contribution in [1.29, 1.82) is 0 Å². The molecule has 1 aromatic carbocycles. The first kappa shape index (κ1) is 17.6. The molecule has 25 heavy (non-hydrogen) atoms. The Bertz CT molecular complexity index is 938. The highest BCUT2D eigenvalue weighted by molar-refractivity contribution is 7.91. The van der Waals surface area contributed by atoms with E-state index in [1.807, 2.05) is 45.0 Å². The van der Waals surface area contributed by atoms with Gasteiger partial charge >= 0.3 is 0 Å². The minimum Gasteiger partial charge on any atom is -0.289 e. The molecule has 0 spiro atoms. The predicted octanol–water partition coefficient (Wildman–Crippen LogP) is 3.06. The first-order valence-electron chi connectivity index (χ1n) is 8.32. The average molecular weight is 358 g/mol. The average Bonchev–Trinajstić information content (AvgIpc) is 3.05. The molecule has 1 aromatic heterocycles. The monoisotopic (exact) mass is 358 g/mol. The van der Waals surface area contributed by atoms with E-state index in [0.29, 0.717) is 12.0 Å². The van der Waals surface area contributed by atoms with Gasteiger partial charge in [0.1, 0.15) is 0 Å². The van der Waals surface area contributed by atoms with Gasteiger partial charge in [-0.25, -0.2) is 8.42 Å². The lowest BCUT2D eigenvalue weighted by atomic mass is 10.1. The van der Waals surface area contributed by atoms with Crippen molar-refractivity contribution >= 4 is 21.7 Å². The molecule has 3 rings (SSSR count). The van der Waals surface area contributed by atoms with E-state index < -0.39 is 9.84 Å². The minimum atomic E-state index is -2.96. The lowest BCUT2D eigenvalue weighted by Gasteiger charge is -2.10. The Morgan fingerprint density at radius 3 is 2.48 bits per heavy atom. The molecule has 132 valence electrons. The first-order chi connectivity index (χ1) is 11.8. The number of allylic oxidation sites excluding steroid dienone is 1. The van der Waals surface area contributed by atoms with Crippen molar-refractivity contribution in [2.45, 2.75) is 33.2 Å². The van der Waals surface area contributed by atoms with Crippen LogP contribution in [0.2, 0.25) is 0 Å². The molecule has 0 saturated carbocycles. The van der Waals surface area contributed by atoms with Gasteiger partial charge in [0.25, 0.3) is 0 Å². The van der Waals surface area contributed by atoms with E-state index in [1.165, 1.54) is 0 Å². The Labute approximate surface area is 148 Å². The molecule has 0 aliphatic carbocycles. The van der Waals surface area contributed by atoms with Gasteiger partial charge in [-0.2, -0.15) is 5.10 Å². The van der Waals surface area contributed by atoms with Crippen molar-refractivity contribution in [3.8, 4) is 0 Å². The van der Waals surface area contributed by atoms with Crippen LogP contribution >= 0.6 is 0 Å². The smallest absolute Gasteiger partial charge is 0.185 e. The van der Waals surface area contributed by atoms with E-state index in [0.717, 1.165) is 22.5 Å². The Balaban J connectivity index is 1.83. The molecule has 1 aliphatic rings. The normalized spacial score (nSPS) is 19.6. The number of hydrogen-bond acceptors (Lipinski definition) is 4. The Kier molecular flexibility index (Phi) is 4.64. The Morgan fingerprint density at radius 2 is 1.88 bits per heavy atom. The second-order valence-corrected chi connectivity index (χ2v) is 8.88. The first-order valence-corrected chi connectivity index (χ1v) is 10.1. The van der Waals surface area contributed by atoms with Gasteiger partial charge in [0.2, 0.25) is 0 Å². The standard InChI is InChI=1S/C19H22N2O3S/c1-13-4-6-16(7-5-13)19(22)9-8-18-14(2)20-21(15(18)3)17-10-11-25(23,24)12-17/h4-9,17H,10-12H2,1-3H3. The molecule has 0 amide bonds. The van der Waals surface area contributed by atoms with E-state index in [4.69, 9.17) is 0 Å². The summed E-state index contributed by atoms with van der Waals surface area (Å²) in [4.78, 5) is 12.3. The summed E-state index contributed by atoms with van der Waals surface area (Å²) in [7, 11) is -2.96. The third-order valence-electron chi connectivity index (χ3n) is 4.67. The summed E-state index contributed by atoms with van der Waals surface area (Å²) in [5.41, 5.74) is 4.33. The lowest BCUT2D eigenvalue weighted by Crippen LogP contribution is -2.13. The molecule has 0 N–H and O–H groups in total. The van der Waals surface area contributed by atoms with Crippen molar-refractivity contribution in [2.24, 2.45) is 0 Å². The van der Waals surface area contributed by atoms with Gasteiger partial charge in [-0.3, -0.25) is 9.48 Å². The van der Waals surface area contributed by atoms with Crippen LogP contribution in [0.15, 0.2) is 30.3 Å². The SMILES string of the molecule is Cc1ccc(C(=O)C=Cc2c(C)nn(C3CCS(=O)(=O)C3)c2C)cc1. The molecule has 1 atom stereocenters. The van der Waals surface area contributed by atoms with Crippen LogP contribution in [0.3, 0.4) is 0 Å². The van der Waals surface area contributed by atoms with Gasteiger partial charge in [-0.1, -0.05) is 29.8 Å². The summed E-state index contributed by atoms with van der Waals surface area (Å²) in [6.45, 7) is 5.78. The number of carbonyl (C=O) groups is 1. The van der Waals surface area contributed by atoms with Crippen molar-refractivity contribution < 1.29 is 13.2 Å². The van der Waals surface area contributed by atoms with Gasteiger partial charge in [0, 0.05) is 16.8 Å². The fourth-order valence-corrected chi connectivity index (χ4v) is 4.91. The maximum absolute atomic E-state index is 12.3. The van der Waals surface area contributed by atoms with Crippen LogP contribution in [0.4, 0.5) is 0 Å². The number of nitrogens with zero attached hydrogens (tertiary/aromatic N) is 2. The molecule has 1 aliphatic heterocycles. The Hall–Kier alpha value is -2.21. The van der Waals surface area contributed by atoms with Crippen LogP contribution < -0.4 is 0 Å². The molecule has 1 saturated heterocycles. The van der Waals surface area contributed by atoms with Crippen LogP contribution in [-0.2, 0) is 9.84 Å². The highest BCUT2D eigenvalue weighted by atomic mass is 32.2. The summed E-state index contributed by atoms with van der Waals surface area (Å²) in [6, 6.07) is 7.34. The quantitative estimate of drug-likeness (QED) is 0.622. The molecule has 0 bridgehead atoms. The second kappa shape index (κ2) is 6.59. The fraction of sp³-hybridized carbons (Fsp3) is 0.368. The van der Waals surface area contributed by atoms with Crippen molar-refractivity contribution in [3.63, 3.8) is 0 Å². The zero-order valence-corrected chi connectivity index (χ0v) is 15.5. The molecule has 2 heterocycles. The van der Waals surface area contributed by atoms with Gasteiger partial charge in [-0.15, -0.1) is 0 Å². The zero-order chi connectivity index (χ0) is 18.2. The zero-order valence-electron chi connectivity index (χ0n) is 14.7. The number of aryl methyl sites for hydroxylation is 2. The van der Waals surface area contributed by atoms with Gasteiger partial charge in [0.05, 0.1) is 23.2 Å².